The first-order valence-electron chi connectivity index (χ1n) is 8.71. The van der Waals surface area contributed by atoms with Gasteiger partial charge >= 0.3 is 5.97 Å². The molecule has 2 amide bonds. The first-order chi connectivity index (χ1) is 13.0. The number of primary amides is 1. The number of nitrogens with zero attached hydrogens (tertiary/aromatic N) is 1. The maximum Gasteiger partial charge on any atom is 0.338 e. The molecule has 1 aromatic carbocycles. The van der Waals surface area contributed by atoms with Crippen molar-refractivity contribution in [2.24, 2.45) is 11.7 Å². The van der Waals surface area contributed by atoms with Crippen LogP contribution in [0.15, 0.2) is 12.1 Å². The molecule has 9 nitrogen and oxygen atoms in total. The summed E-state index contributed by atoms with van der Waals surface area (Å²) < 4.78 is 21.3. The van der Waals surface area contributed by atoms with E-state index in [0.29, 0.717) is 49.8 Å². The van der Waals surface area contributed by atoms with Crippen LogP contribution in [0.5, 0.6) is 17.2 Å². The third kappa shape index (κ3) is 4.24. The Balaban J connectivity index is 1.62. The summed E-state index contributed by atoms with van der Waals surface area (Å²) in [6, 6.07) is 2.97. The molecular formula is C18H22N2O7. The number of ether oxygens (including phenoxy) is 4. The van der Waals surface area contributed by atoms with Crippen molar-refractivity contribution >= 4 is 17.8 Å². The summed E-state index contributed by atoms with van der Waals surface area (Å²) in [5.74, 6) is -0.651. The maximum absolute atomic E-state index is 12.3. The Kier molecular flexibility index (Phi) is 5.68. The molecule has 2 aliphatic rings. The number of esters is 1. The van der Waals surface area contributed by atoms with E-state index in [2.05, 4.69) is 0 Å². The summed E-state index contributed by atoms with van der Waals surface area (Å²) in [6.07, 6.45) is 1.35. The monoisotopic (exact) mass is 378 g/mol. The third-order valence-electron chi connectivity index (χ3n) is 4.57. The molecule has 0 bridgehead atoms. The molecule has 2 N–H and O–H groups in total. The summed E-state index contributed by atoms with van der Waals surface area (Å²) in [6.45, 7) is 1.11. The zero-order valence-electron chi connectivity index (χ0n) is 15.1. The van der Waals surface area contributed by atoms with Crippen molar-refractivity contribution in [3.63, 3.8) is 0 Å². The van der Waals surface area contributed by atoms with Gasteiger partial charge in [0.05, 0.1) is 18.6 Å². The number of benzene rings is 1. The molecule has 1 atom stereocenters. The van der Waals surface area contributed by atoms with Crippen molar-refractivity contribution in [2.45, 2.75) is 12.8 Å². The second kappa shape index (κ2) is 8.15. The summed E-state index contributed by atoms with van der Waals surface area (Å²) >= 11 is 0. The first-order valence-corrected chi connectivity index (χ1v) is 8.71. The van der Waals surface area contributed by atoms with Gasteiger partial charge in [0.25, 0.3) is 5.91 Å². The molecule has 0 unspecified atom stereocenters. The topological polar surface area (TPSA) is 117 Å². The SMILES string of the molecule is COc1cc(C(=O)OCC(=O)N2CCC[C@@H](C(N)=O)C2)cc2c1OCCO2. The number of rotatable bonds is 5. The van der Waals surface area contributed by atoms with Crippen molar-refractivity contribution in [3.8, 4) is 17.2 Å². The minimum Gasteiger partial charge on any atom is -0.493 e. The highest BCUT2D eigenvalue weighted by molar-refractivity contribution is 5.93. The molecule has 146 valence electrons. The van der Waals surface area contributed by atoms with E-state index in [1.165, 1.54) is 24.1 Å². The second-order valence-corrected chi connectivity index (χ2v) is 6.36. The van der Waals surface area contributed by atoms with E-state index in [-0.39, 0.29) is 23.9 Å². The average Bonchev–Trinajstić information content (AvgIpc) is 2.70. The fourth-order valence-electron chi connectivity index (χ4n) is 3.13. The van der Waals surface area contributed by atoms with E-state index in [0.717, 1.165) is 0 Å². The third-order valence-corrected chi connectivity index (χ3v) is 4.57. The van der Waals surface area contributed by atoms with Crippen LogP contribution < -0.4 is 19.9 Å². The van der Waals surface area contributed by atoms with Crippen molar-refractivity contribution in [3.05, 3.63) is 17.7 Å². The number of carbonyl (C=O) groups is 3. The van der Waals surface area contributed by atoms with Crippen molar-refractivity contribution in [1.29, 1.82) is 0 Å². The van der Waals surface area contributed by atoms with Gasteiger partial charge in [0.2, 0.25) is 11.7 Å². The van der Waals surface area contributed by atoms with Gasteiger partial charge in [-0.25, -0.2) is 4.79 Å². The van der Waals surface area contributed by atoms with Gasteiger partial charge in [-0.3, -0.25) is 9.59 Å². The number of methoxy groups -OCH3 is 1. The van der Waals surface area contributed by atoms with Crippen LogP contribution in [0.3, 0.4) is 0 Å². The summed E-state index contributed by atoms with van der Waals surface area (Å²) in [5.41, 5.74) is 5.51. The number of amides is 2. The van der Waals surface area contributed by atoms with Crippen molar-refractivity contribution in [1.82, 2.24) is 4.90 Å². The van der Waals surface area contributed by atoms with Gasteiger partial charge in [-0.05, 0) is 25.0 Å². The number of hydrogen-bond donors (Lipinski definition) is 1. The molecule has 9 heteroatoms. The molecular weight excluding hydrogens is 356 g/mol. The van der Waals surface area contributed by atoms with E-state index in [1.807, 2.05) is 0 Å². The van der Waals surface area contributed by atoms with Gasteiger partial charge in [-0.1, -0.05) is 0 Å². The average molecular weight is 378 g/mol. The van der Waals surface area contributed by atoms with Gasteiger partial charge in [0.15, 0.2) is 18.1 Å². The highest BCUT2D eigenvalue weighted by Gasteiger charge is 2.28. The lowest BCUT2D eigenvalue weighted by atomic mass is 9.97. The Morgan fingerprint density at radius 1 is 1.26 bits per heavy atom. The number of nitrogens with two attached hydrogens (primary N) is 1. The van der Waals surface area contributed by atoms with E-state index in [1.54, 1.807) is 0 Å². The fourth-order valence-corrected chi connectivity index (χ4v) is 3.13. The lowest BCUT2D eigenvalue weighted by Gasteiger charge is -2.31. The van der Waals surface area contributed by atoms with Crippen molar-refractivity contribution < 1.29 is 33.3 Å². The highest BCUT2D eigenvalue weighted by Crippen LogP contribution is 2.40. The predicted molar refractivity (Wildman–Crippen MR) is 92.8 cm³/mol. The molecule has 0 aromatic heterocycles. The van der Waals surface area contributed by atoms with E-state index < -0.39 is 18.5 Å². The quantitative estimate of drug-likeness (QED) is 0.735. The van der Waals surface area contributed by atoms with Crippen LogP contribution in [0, 0.1) is 5.92 Å². The lowest BCUT2D eigenvalue weighted by molar-refractivity contribution is -0.137. The Hall–Kier alpha value is -2.97. The van der Waals surface area contributed by atoms with Crippen LogP contribution in [0.25, 0.3) is 0 Å². The van der Waals surface area contributed by atoms with E-state index >= 15 is 0 Å². The number of fused-ring (bicyclic) bond motifs is 1. The van der Waals surface area contributed by atoms with Gasteiger partial charge < -0.3 is 29.6 Å². The molecule has 3 rings (SSSR count). The van der Waals surface area contributed by atoms with Crippen LogP contribution in [-0.4, -0.2) is 62.7 Å². The Morgan fingerprint density at radius 3 is 2.78 bits per heavy atom. The number of hydrogen-bond acceptors (Lipinski definition) is 7. The largest absolute Gasteiger partial charge is 0.493 e. The smallest absolute Gasteiger partial charge is 0.338 e. The Bertz CT molecular complexity index is 732. The van der Waals surface area contributed by atoms with Crippen LogP contribution in [-0.2, 0) is 14.3 Å². The molecule has 1 fully saturated rings. The van der Waals surface area contributed by atoms with Crippen molar-refractivity contribution in [2.75, 3.05) is 40.0 Å². The molecule has 1 saturated heterocycles. The normalized spacial score (nSPS) is 18.6. The minimum atomic E-state index is -0.679. The lowest BCUT2D eigenvalue weighted by Crippen LogP contribution is -2.45. The molecule has 0 aliphatic carbocycles. The van der Waals surface area contributed by atoms with Crippen LogP contribution >= 0.6 is 0 Å². The van der Waals surface area contributed by atoms with Gasteiger partial charge in [-0.15, -0.1) is 0 Å². The van der Waals surface area contributed by atoms with E-state index in [9.17, 15) is 14.4 Å². The van der Waals surface area contributed by atoms with Gasteiger partial charge in [0, 0.05) is 13.1 Å². The number of piperidine rings is 1. The van der Waals surface area contributed by atoms with E-state index in [4.69, 9.17) is 24.7 Å². The molecule has 0 radical (unpaired) electrons. The van der Waals surface area contributed by atoms with Gasteiger partial charge in [-0.2, -0.15) is 0 Å². The molecule has 27 heavy (non-hydrogen) atoms. The molecule has 0 saturated carbocycles. The second-order valence-electron chi connectivity index (χ2n) is 6.36. The Morgan fingerprint density at radius 2 is 2.04 bits per heavy atom. The molecule has 0 spiro atoms. The molecule has 2 heterocycles. The van der Waals surface area contributed by atoms with Gasteiger partial charge in [0.1, 0.15) is 13.2 Å². The molecule has 1 aromatic rings. The summed E-state index contributed by atoms with van der Waals surface area (Å²) in [5, 5.41) is 0. The summed E-state index contributed by atoms with van der Waals surface area (Å²) in [7, 11) is 1.46. The Labute approximate surface area is 156 Å². The first kappa shape index (κ1) is 18.8. The standard InChI is InChI=1S/C18H22N2O7/c1-24-13-7-12(8-14-16(13)26-6-5-25-14)18(23)27-10-15(21)20-4-2-3-11(9-20)17(19)22/h7-8,11H,2-6,9-10H2,1H3,(H2,19,22)/t11-/m1/s1. The minimum absolute atomic E-state index is 0.192. The number of carbonyl (C=O) groups excluding carboxylic acids is 3. The number of likely N-dealkylation sites (tertiary alicyclic amines) is 1. The highest BCUT2D eigenvalue weighted by atomic mass is 16.6. The maximum atomic E-state index is 12.3. The van der Waals surface area contributed by atoms with Crippen LogP contribution in [0.2, 0.25) is 0 Å². The molecule has 2 aliphatic heterocycles. The predicted octanol–water partition coefficient (Wildman–Crippen LogP) is 0.347. The zero-order valence-corrected chi connectivity index (χ0v) is 15.1. The fraction of sp³-hybridized carbons (Fsp3) is 0.500. The zero-order chi connectivity index (χ0) is 19.4. The summed E-state index contributed by atoms with van der Waals surface area (Å²) in [4.78, 5) is 37.4. The van der Waals surface area contributed by atoms with Crippen LogP contribution in [0.1, 0.15) is 23.2 Å². The van der Waals surface area contributed by atoms with Crippen LogP contribution in [0.4, 0.5) is 0 Å².